The van der Waals surface area contributed by atoms with Crippen LogP contribution in [0.3, 0.4) is 0 Å². The van der Waals surface area contributed by atoms with E-state index < -0.39 is 0 Å². The number of nitrogens with one attached hydrogen (secondary N) is 1. The quantitative estimate of drug-likeness (QED) is 0.733. The van der Waals surface area contributed by atoms with Crippen molar-refractivity contribution >= 4 is 11.7 Å². The minimum atomic E-state index is 0.00423. The van der Waals surface area contributed by atoms with Crippen molar-refractivity contribution in [3.63, 3.8) is 0 Å². The van der Waals surface area contributed by atoms with Gasteiger partial charge in [0.05, 0.1) is 20.3 Å². The molecule has 2 aromatic rings. The van der Waals surface area contributed by atoms with E-state index in [2.05, 4.69) is 21.3 Å². The van der Waals surface area contributed by atoms with Crippen molar-refractivity contribution in [2.75, 3.05) is 19.5 Å². The van der Waals surface area contributed by atoms with Gasteiger partial charge in [-0.2, -0.15) is 0 Å². The second-order valence-electron chi connectivity index (χ2n) is 8.30. The lowest BCUT2D eigenvalue weighted by atomic mass is 9.88. The molecule has 0 radical (unpaired) electrons. The van der Waals surface area contributed by atoms with Crippen molar-refractivity contribution in [1.82, 2.24) is 9.88 Å². The number of carbonyl (C=O) groups excluding carboxylic acids is 1. The van der Waals surface area contributed by atoms with Crippen LogP contribution in [0.1, 0.15) is 54.4 Å². The summed E-state index contributed by atoms with van der Waals surface area (Å²) in [5.74, 6) is 2.00. The van der Waals surface area contributed by atoms with Crippen LogP contribution in [0, 0.1) is 6.92 Å². The maximum atomic E-state index is 13.9. The maximum absolute atomic E-state index is 13.9. The molecule has 1 N–H and O–H groups in total. The lowest BCUT2D eigenvalue weighted by Gasteiger charge is -2.44. The molecule has 1 aromatic heterocycles. The zero-order valence-electron chi connectivity index (χ0n) is 18.1. The molecule has 4 rings (SSSR count). The highest BCUT2D eigenvalue weighted by atomic mass is 16.5. The molecule has 1 amide bonds. The van der Waals surface area contributed by atoms with Crippen molar-refractivity contribution < 1.29 is 14.3 Å². The Bertz CT molecular complexity index is 858. The molecule has 6 nitrogen and oxygen atoms in total. The molecule has 2 aliphatic carbocycles. The van der Waals surface area contributed by atoms with Gasteiger partial charge in [-0.25, -0.2) is 4.98 Å². The Hall–Kier alpha value is -2.76. The summed E-state index contributed by atoms with van der Waals surface area (Å²) in [4.78, 5) is 20.5. The van der Waals surface area contributed by atoms with Crippen LogP contribution in [0.25, 0.3) is 0 Å². The molecule has 6 heteroatoms. The molecule has 0 bridgehead atoms. The van der Waals surface area contributed by atoms with E-state index in [9.17, 15) is 4.79 Å². The van der Waals surface area contributed by atoms with Crippen LogP contribution in [0.4, 0.5) is 5.82 Å². The first-order valence-corrected chi connectivity index (χ1v) is 10.8. The molecule has 160 valence electrons. The monoisotopic (exact) mass is 409 g/mol. The fraction of sp³-hybridized carbons (Fsp3) is 0.500. The number of hydrogen-bond acceptors (Lipinski definition) is 5. The lowest BCUT2D eigenvalue weighted by molar-refractivity contribution is 0.0425. The van der Waals surface area contributed by atoms with E-state index in [4.69, 9.17) is 9.47 Å². The fourth-order valence-corrected chi connectivity index (χ4v) is 4.63. The molecule has 2 saturated carbocycles. The van der Waals surface area contributed by atoms with E-state index in [0.717, 1.165) is 43.5 Å². The first-order valence-electron chi connectivity index (χ1n) is 10.8. The van der Waals surface area contributed by atoms with Crippen LogP contribution >= 0.6 is 0 Å². The first-order chi connectivity index (χ1) is 14.6. The number of aryl methyl sites for hydroxylation is 1. The van der Waals surface area contributed by atoms with E-state index in [1.807, 2.05) is 37.4 Å². The molecule has 0 unspecified atom stereocenters. The highest BCUT2D eigenvalue weighted by Gasteiger charge is 2.42. The van der Waals surface area contributed by atoms with Crippen LogP contribution < -0.4 is 14.8 Å². The van der Waals surface area contributed by atoms with Crippen molar-refractivity contribution in [3.05, 3.63) is 47.7 Å². The van der Waals surface area contributed by atoms with Crippen LogP contribution in [0.5, 0.6) is 11.5 Å². The van der Waals surface area contributed by atoms with Gasteiger partial charge in [0.1, 0.15) is 22.9 Å². The zero-order chi connectivity index (χ0) is 21.1. The Balaban J connectivity index is 1.64. The highest BCUT2D eigenvalue weighted by molar-refractivity contribution is 6.00. The third-order valence-corrected chi connectivity index (χ3v) is 6.43. The summed E-state index contributed by atoms with van der Waals surface area (Å²) in [6.07, 6.45) is 8.25. The van der Waals surface area contributed by atoms with Crippen LogP contribution in [0.15, 0.2) is 36.5 Å². The van der Waals surface area contributed by atoms with Crippen LogP contribution in [-0.4, -0.2) is 48.1 Å². The summed E-state index contributed by atoms with van der Waals surface area (Å²) < 4.78 is 11.1. The largest absolute Gasteiger partial charge is 0.496 e. The number of hydrogen-bond donors (Lipinski definition) is 1. The van der Waals surface area contributed by atoms with Gasteiger partial charge in [-0.1, -0.05) is 12.1 Å². The second-order valence-corrected chi connectivity index (χ2v) is 8.30. The summed E-state index contributed by atoms with van der Waals surface area (Å²) in [5.41, 5.74) is 1.66. The number of pyridine rings is 1. The molecule has 1 heterocycles. The Morgan fingerprint density at radius 3 is 2.30 bits per heavy atom. The van der Waals surface area contributed by atoms with Crippen molar-refractivity contribution in [3.8, 4) is 11.5 Å². The number of benzene rings is 1. The second kappa shape index (κ2) is 8.94. The molecule has 30 heavy (non-hydrogen) atoms. The topological polar surface area (TPSA) is 63.7 Å². The minimum absolute atomic E-state index is 0.00423. The van der Waals surface area contributed by atoms with Crippen molar-refractivity contribution in [1.29, 1.82) is 0 Å². The number of carbonyl (C=O) groups is 1. The van der Waals surface area contributed by atoms with Gasteiger partial charge in [-0.05, 0) is 69.2 Å². The van der Waals surface area contributed by atoms with E-state index in [1.165, 1.54) is 6.42 Å². The fourth-order valence-electron chi connectivity index (χ4n) is 4.63. The van der Waals surface area contributed by atoms with Crippen LogP contribution in [-0.2, 0) is 0 Å². The molecule has 2 fully saturated rings. The molecule has 0 aliphatic heterocycles. The van der Waals surface area contributed by atoms with Gasteiger partial charge in [-0.15, -0.1) is 0 Å². The SMILES string of the molecule is COc1cccc(OC)c1C(=O)N(C1CCC1)[C@H]1CCC[C@@H]1Nc1ccc(C)cn1. The highest BCUT2D eigenvalue weighted by Crippen LogP contribution is 2.38. The molecular weight excluding hydrogens is 378 g/mol. The van der Waals surface area contributed by atoms with Gasteiger partial charge < -0.3 is 19.7 Å². The number of anilines is 1. The Kier molecular flexibility index (Phi) is 6.11. The van der Waals surface area contributed by atoms with Gasteiger partial charge in [0.2, 0.25) is 0 Å². The number of rotatable bonds is 7. The molecule has 0 spiro atoms. The predicted octanol–water partition coefficient (Wildman–Crippen LogP) is 4.44. The number of amides is 1. The minimum Gasteiger partial charge on any atom is -0.496 e. The molecule has 1 aromatic carbocycles. The summed E-state index contributed by atoms with van der Waals surface area (Å²) in [5, 5.41) is 3.60. The van der Waals surface area contributed by atoms with Crippen molar-refractivity contribution in [2.45, 2.75) is 63.6 Å². The van der Waals surface area contributed by atoms with E-state index in [-0.39, 0.29) is 24.0 Å². The third-order valence-electron chi connectivity index (χ3n) is 6.43. The van der Waals surface area contributed by atoms with Gasteiger partial charge in [0.15, 0.2) is 0 Å². The number of nitrogens with zero attached hydrogens (tertiary/aromatic N) is 2. The van der Waals surface area contributed by atoms with E-state index >= 15 is 0 Å². The average molecular weight is 410 g/mol. The summed E-state index contributed by atoms with van der Waals surface area (Å²) in [7, 11) is 3.20. The normalized spacial score (nSPS) is 21.0. The predicted molar refractivity (Wildman–Crippen MR) is 117 cm³/mol. The number of methoxy groups -OCH3 is 2. The Morgan fingerprint density at radius 1 is 1.03 bits per heavy atom. The molecule has 0 saturated heterocycles. The molecular formula is C24H31N3O3. The molecule has 2 atom stereocenters. The smallest absolute Gasteiger partial charge is 0.261 e. The first kappa shape index (κ1) is 20.5. The molecule has 2 aliphatic rings. The van der Waals surface area contributed by atoms with Gasteiger partial charge in [0.25, 0.3) is 5.91 Å². The third kappa shape index (κ3) is 3.95. The van der Waals surface area contributed by atoms with E-state index in [0.29, 0.717) is 17.1 Å². The number of ether oxygens (including phenoxy) is 2. The van der Waals surface area contributed by atoms with Gasteiger partial charge in [-0.3, -0.25) is 4.79 Å². The van der Waals surface area contributed by atoms with E-state index in [1.54, 1.807) is 14.2 Å². The van der Waals surface area contributed by atoms with Gasteiger partial charge >= 0.3 is 0 Å². The van der Waals surface area contributed by atoms with Crippen LogP contribution in [0.2, 0.25) is 0 Å². The maximum Gasteiger partial charge on any atom is 0.261 e. The van der Waals surface area contributed by atoms with Gasteiger partial charge in [0, 0.05) is 18.3 Å². The Labute approximate surface area is 178 Å². The average Bonchev–Trinajstić information content (AvgIpc) is 3.18. The zero-order valence-corrected chi connectivity index (χ0v) is 18.1. The lowest BCUT2D eigenvalue weighted by Crippen LogP contribution is -2.54. The standard InChI is InChI=1S/C24H31N3O3/c1-16-13-14-22(25-15-16)26-18-9-5-10-19(18)27(17-7-4-8-17)24(28)23-20(29-2)11-6-12-21(23)30-3/h6,11-15,17-19H,4-5,7-10H2,1-3H3,(H,25,26)/t18-,19-/m0/s1. The summed E-state index contributed by atoms with van der Waals surface area (Å²) >= 11 is 0. The summed E-state index contributed by atoms with van der Waals surface area (Å²) in [6.45, 7) is 2.03. The summed E-state index contributed by atoms with van der Waals surface area (Å²) in [6, 6.07) is 10.2. The van der Waals surface area contributed by atoms with Crippen molar-refractivity contribution in [2.24, 2.45) is 0 Å². The Morgan fingerprint density at radius 2 is 1.73 bits per heavy atom. The number of aromatic nitrogens is 1.